The van der Waals surface area contributed by atoms with Gasteiger partial charge in [0, 0.05) is 43.0 Å². The number of carbonyl (C=O) groups is 1. The van der Waals surface area contributed by atoms with Crippen LogP contribution in [0.3, 0.4) is 0 Å². The monoisotopic (exact) mass is 361 g/mol. The first-order valence-corrected chi connectivity index (χ1v) is 9.27. The number of hydrogen-bond acceptors (Lipinski definition) is 7. The van der Waals surface area contributed by atoms with Crippen molar-refractivity contribution < 1.29 is 9.53 Å². The van der Waals surface area contributed by atoms with Crippen LogP contribution in [0.25, 0.3) is 0 Å². The van der Waals surface area contributed by atoms with Crippen LogP contribution < -0.4 is 5.32 Å². The average Bonchev–Trinajstić information content (AvgIpc) is 3.00. The summed E-state index contributed by atoms with van der Waals surface area (Å²) >= 11 is 1.45. The van der Waals surface area contributed by atoms with Crippen LogP contribution >= 0.6 is 11.3 Å². The highest BCUT2D eigenvalue weighted by Gasteiger charge is 2.23. The third-order valence-electron chi connectivity index (χ3n) is 4.14. The first-order valence-electron chi connectivity index (χ1n) is 8.39. The molecule has 1 saturated heterocycles. The molecule has 3 atom stereocenters. The molecule has 0 radical (unpaired) electrons. The van der Waals surface area contributed by atoms with Gasteiger partial charge in [0.25, 0.3) is 0 Å². The van der Waals surface area contributed by atoms with Gasteiger partial charge in [-0.2, -0.15) is 0 Å². The molecular weight excluding hydrogens is 338 g/mol. The van der Waals surface area contributed by atoms with Crippen molar-refractivity contribution in [2.45, 2.75) is 45.4 Å². The number of ether oxygens (including phenoxy) is 1. The largest absolute Gasteiger partial charge is 0.373 e. The van der Waals surface area contributed by atoms with E-state index in [1.165, 1.54) is 17.7 Å². The first kappa shape index (κ1) is 17.9. The highest BCUT2D eigenvalue weighted by Crippen LogP contribution is 2.21. The Morgan fingerprint density at radius 2 is 2.04 bits per heavy atom. The lowest BCUT2D eigenvalue weighted by atomic mass is 10.0. The van der Waals surface area contributed by atoms with Crippen LogP contribution in [0.15, 0.2) is 24.1 Å². The summed E-state index contributed by atoms with van der Waals surface area (Å²) in [5.41, 5.74) is 1.75. The van der Waals surface area contributed by atoms with E-state index in [0.717, 1.165) is 30.9 Å². The van der Waals surface area contributed by atoms with Crippen LogP contribution in [-0.4, -0.2) is 51.1 Å². The lowest BCUT2D eigenvalue weighted by Gasteiger charge is -2.34. The number of aromatic nitrogens is 3. The Kier molecular flexibility index (Phi) is 5.72. The summed E-state index contributed by atoms with van der Waals surface area (Å²) in [7, 11) is 0. The third kappa shape index (κ3) is 4.81. The highest BCUT2D eigenvalue weighted by atomic mass is 32.1. The Labute approximate surface area is 151 Å². The fraction of sp³-hybridized carbons (Fsp3) is 0.529. The summed E-state index contributed by atoms with van der Waals surface area (Å²) in [6, 6.07) is 0. The zero-order valence-electron chi connectivity index (χ0n) is 14.7. The third-order valence-corrected chi connectivity index (χ3v) is 4.94. The lowest BCUT2D eigenvalue weighted by molar-refractivity contribution is -0.117. The second-order valence-electron chi connectivity index (χ2n) is 6.48. The molecule has 3 unspecified atom stereocenters. The first-order chi connectivity index (χ1) is 12.0. The van der Waals surface area contributed by atoms with E-state index in [1.807, 2.05) is 12.3 Å². The Morgan fingerprint density at radius 1 is 1.36 bits per heavy atom. The van der Waals surface area contributed by atoms with Crippen molar-refractivity contribution in [1.29, 1.82) is 0 Å². The van der Waals surface area contributed by atoms with E-state index in [2.05, 4.69) is 39.0 Å². The van der Waals surface area contributed by atoms with E-state index in [9.17, 15) is 4.79 Å². The van der Waals surface area contributed by atoms with Gasteiger partial charge in [0.15, 0.2) is 5.13 Å². The molecule has 1 aliphatic rings. The number of anilines is 1. The summed E-state index contributed by atoms with van der Waals surface area (Å²) in [5, 5.41) is 5.51. The van der Waals surface area contributed by atoms with Gasteiger partial charge in [-0.3, -0.25) is 9.69 Å². The van der Waals surface area contributed by atoms with Gasteiger partial charge in [0.05, 0.1) is 23.8 Å². The van der Waals surface area contributed by atoms with E-state index in [0.29, 0.717) is 5.13 Å². The van der Waals surface area contributed by atoms with E-state index in [4.69, 9.17) is 4.74 Å². The van der Waals surface area contributed by atoms with Gasteiger partial charge < -0.3 is 10.1 Å². The van der Waals surface area contributed by atoms with E-state index in [-0.39, 0.29) is 24.0 Å². The zero-order valence-corrected chi connectivity index (χ0v) is 15.5. The number of rotatable bonds is 5. The van der Waals surface area contributed by atoms with E-state index in [1.54, 1.807) is 12.4 Å². The van der Waals surface area contributed by atoms with Crippen LogP contribution in [0.2, 0.25) is 0 Å². The normalized spacial score (nSPS) is 22.5. The number of amides is 1. The molecule has 1 aliphatic heterocycles. The molecular formula is C17H23N5O2S. The van der Waals surface area contributed by atoms with Gasteiger partial charge in [0.2, 0.25) is 5.91 Å². The second-order valence-corrected chi connectivity index (χ2v) is 7.34. The van der Waals surface area contributed by atoms with Gasteiger partial charge in [-0.05, 0) is 20.8 Å². The minimum absolute atomic E-state index is 0.107. The van der Waals surface area contributed by atoms with Crippen LogP contribution in [-0.2, 0) is 16.1 Å². The van der Waals surface area contributed by atoms with Gasteiger partial charge in [0.1, 0.15) is 6.33 Å². The van der Waals surface area contributed by atoms with Gasteiger partial charge >= 0.3 is 0 Å². The average molecular weight is 361 g/mol. The van der Waals surface area contributed by atoms with E-state index < -0.39 is 0 Å². The zero-order chi connectivity index (χ0) is 17.8. The summed E-state index contributed by atoms with van der Waals surface area (Å²) in [6.07, 6.45) is 5.23. The molecule has 25 heavy (non-hydrogen) atoms. The van der Waals surface area contributed by atoms with Crippen molar-refractivity contribution in [3.05, 3.63) is 35.4 Å². The molecule has 7 nitrogen and oxygen atoms in total. The maximum Gasteiger partial charge on any atom is 0.233 e. The predicted octanol–water partition coefficient (Wildman–Crippen LogP) is 2.28. The molecule has 0 spiro atoms. The molecule has 3 rings (SSSR count). The Balaban J connectivity index is 1.57. The van der Waals surface area contributed by atoms with Crippen molar-refractivity contribution in [1.82, 2.24) is 19.9 Å². The standard InChI is InChI=1S/C17H23N5O2S/c1-11-6-22(7-12(2)24-11)8-15-9-25-17(20-15)21-16(23)13(3)14-4-18-10-19-5-14/h4-5,9-13H,6-8H2,1-3H3,(H,20,21,23). The molecule has 0 aromatic carbocycles. The molecule has 2 aromatic heterocycles. The van der Waals surface area contributed by atoms with Crippen LogP contribution in [0.1, 0.15) is 37.9 Å². The van der Waals surface area contributed by atoms with Gasteiger partial charge in [-0.15, -0.1) is 11.3 Å². The quantitative estimate of drug-likeness (QED) is 0.880. The van der Waals surface area contributed by atoms with Crippen molar-refractivity contribution >= 4 is 22.4 Å². The molecule has 134 valence electrons. The Morgan fingerprint density at radius 3 is 2.72 bits per heavy atom. The number of carbonyl (C=O) groups excluding carboxylic acids is 1. The predicted molar refractivity (Wildman–Crippen MR) is 96.5 cm³/mol. The summed E-state index contributed by atoms with van der Waals surface area (Å²) in [6.45, 7) is 8.57. The number of nitrogens with one attached hydrogen (secondary N) is 1. The summed E-state index contributed by atoms with van der Waals surface area (Å²) in [5.74, 6) is -0.432. The second kappa shape index (κ2) is 7.99. The topological polar surface area (TPSA) is 80.2 Å². The van der Waals surface area contributed by atoms with Crippen LogP contribution in [0.4, 0.5) is 5.13 Å². The molecule has 3 heterocycles. The van der Waals surface area contributed by atoms with Crippen LogP contribution in [0.5, 0.6) is 0 Å². The molecule has 0 aliphatic carbocycles. The fourth-order valence-corrected chi connectivity index (χ4v) is 3.68. The molecule has 0 bridgehead atoms. The minimum Gasteiger partial charge on any atom is -0.373 e. The van der Waals surface area contributed by atoms with Crippen LogP contribution in [0, 0.1) is 0 Å². The molecule has 2 aromatic rings. The van der Waals surface area contributed by atoms with Gasteiger partial charge in [-0.25, -0.2) is 15.0 Å². The van der Waals surface area contributed by atoms with E-state index >= 15 is 0 Å². The number of hydrogen-bond donors (Lipinski definition) is 1. The SMILES string of the molecule is CC1CN(Cc2csc(NC(=O)C(C)c3cncnc3)n2)CC(C)O1. The summed E-state index contributed by atoms with van der Waals surface area (Å²) < 4.78 is 5.75. The molecule has 1 N–H and O–H groups in total. The number of morpholine rings is 1. The maximum absolute atomic E-state index is 12.4. The van der Waals surface area contributed by atoms with Crippen molar-refractivity contribution in [3.63, 3.8) is 0 Å². The smallest absolute Gasteiger partial charge is 0.233 e. The maximum atomic E-state index is 12.4. The van der Waals surface area contributed by atoms with Gasteiger partial charge in [-0.1, -0.05) is 0 Å². The number of nitrogens with zero attached hydrogens (tertiary/aromatic N) is 4. The Bertz CT molecular complexity index is 698. The highest BCUT2D eigenvalue weighted by molar-refractivity contribution is 7.13. The molecule has 8 heteroatoms. The number of thiazole rings is 1. The molecule has 0 saturated carbocycles. The molecule has 1 amide bonds. The van der Waals surface area contributed by atoms with Crippen molar-refractivity contribution in [3.8, 4) is 0 Å². The fourth-order valence-electron chi connectivity index (χ4n) is 2.98. The lowest BCUT2D eigenvalue weighted by Crippen LogP contribution is -2.44. The van der Waals surface area contributed by atoms with Crippen molar-refractivity contribution in [2.75, 3.05) is 18.4 Å². The molecule has 1 fully saturated rings. The van der Waals surface area contributed by atoms with Crippen molar-refractivity contribution in [2.24, 2.45) is 0 Å². The minimum atomic E-state index is -0.325. The Hall–Kier alpha value is -1.90. The summed E-state index contributed by atoms with van der Waals surface area (Å²) in [4.78, 5) is 27.2.